The molecule has 2 aliphatic carbocycles. The van der Waals surface area contributed by atoms with Gasteiger partial charge in [-0.1, -0.05) is 32.6 Å². The highest BCUT2D eigenvalue weighted by Crippen LogP contribution is 2.33. The maximum Gasteiger partial charge on any atom is 0.0218 e. The van der Waals surface area contributed by atoms with Gasteiger partial charge in [0.1, 0.15) is 0 Å². The van der Waals surface area contributed by atoms with Gasteiger partial charge in [0.15, 0.2) is 0 Å². The van der Waals surface area contributed by atoms with E-state index < -0.39 is 0 Å². The minimum absolute atomic E-state index is 0.581. The summed E-state index contributed by atoms with van der Waals surface area (Å²) in [6.45, 7) is 4.40. The summed E-state index contributed by atoms with van der Waals surface area (Å²) < 4.78 is 0. The zero-order valence-corrected chi connectivity index (χ0v) is 11.5. The van der Waals surface area contributed by atoms with Gasteiger partial charge in [-0.25, -0.2) is 0 Å². The van der Waals surface area contributed by atoms with E-state index in [2.05, 4.69) is 12.2 Å². The molecule has 17 heavy (non-hydrogen) atoms. The molecule has 0 amide bonds. The molecule has 3 atom stereocenters. The molecule has 0 radical (unpaired) electrons. The van der Waals surface area contributed by atoms with E-state index in [1.165, 1.54) is 57.9 Å². The van der Waals surface area contributed by atoms with Crippen molar-refractivity contribution in [3.8, 4) is 0 Å². The van der Waals surface area contributed by atoms with Gasteiger partial charge in [0, 0.05) is 12.6 Å². The van der Waals surface area contributed by atoms with Gasteiger partial charge in [0.25, 0.3) is 0 Å². The van der Waals surface area contributed by atoms with Crippen LogP contribution in [-0.4, -0.2) is 19.1 Å². The quantitative estimate of drug-likeness (QED) is 0.669. The number of hydrogen-bond donors (Lipinski definition) is 2. The molecule has 2 saturated carbocycles. The third-order valence-electron chi connectivity index (χ3n) is 4.69. The number of nitrogens with two attached hydrogens (primary N) is 1. The molecule has 2 nitrogen and oxygen atoms in total. The van der Waals surface area contributed by atoms with Crippen LogP contribution in [0.3, 0.4) is 0 Å². The molecule has 0 aromatic heterocycles. The molecule has 0 aromatic carbocycles. The van der Waals surface area contributed by atoms with Crippen LogP contribution in [0.5, 0.6) is 0 Å². The van der Waals surface area contributed by atoms with Crippen molar-refractivity contribution in [3.63, 3.8) is 0 Å². The summed E-state index contributed by atoms with van der Waals surface area (Å²) in [5.41, 5.74) is 5.94. The molecule has 100 valence electrons. The van der Waals surface area contributed by atoms with Crippen LogP contribution in [0, 0.1) is 17.8 Å². The second-order valence-corrected chi connectivity index (χ2v) is 6.41. The smallest absolute Gasteiger partial charge is 0.0218 e. The van der Waals surface area contributed by atoms with Crippen molar-refractivity contribution in [1.82, 2.24) is 5.32 Å². The lowest BCUT2D eigenvalue weighted by atomic mass is 9.78. The van der Waals surface area contributed by atoms with Crippen LogP contribution in [-0.2, 0) is 0 Å². The normalized spacial score (nSPS) is 31.4. The fraction of sp³-hybridized carbons (Fsp3) is 1.00. The molecular formula is C15H30N2. The molecule has 2 rings (SSSR count). The van der Waals surface area contributed by atoms with Gasteiger partial charge < -0.3 is 11.1 Å². The first-order chi connectivity index (χ1) is 8.29. The Morgan fingerprint density at radius 3 is 2.71 bits per heavy atom. The Morgan fingerprint density at radius 1 is 1.24 bits per heavy atom. The highest BCUT2D eigenvalue weighted by atomic mass is 14.9. The van der Waals surface area contributed by atoms with Gasteiger partial charge in [-0.3, -0.25) is 0 Å². The van der Waals surface area contributed by atoms with E-state index >= 15 is 0 Å². The van der Waals surface area contributed by atoms with Crippen molar-refractivity contribution in [2.45, 2.75) is 64.3 Å². The maximum absolute atomic E-state index is 5.94. The largest absolute Gasteiger partial charge is 0.329 e. The highest BCUT2D eigenvalue weighted by molar-refractivity contribution is 4.82. The summed E-state index contributed by atoms with van der Waals surface area (Å²) in [5, 5.41) is 3.72. The maximum atomic E-state index is 5.94. The van der Waals surface area contributed by atoms with Crippen LogP contribution in [0.1, 0.15) is 58.3 Å². The van der Waals surface area contributed by atoms with Gasteiger partial charge in [-0.15, -0.1) is 0 Å². The van der Waals surface area contributed by atoms with Crippen molar-refractivity contribution in [2.24, 2.45) is 23.5 Å². The summed E-state index contributed by atoms with van der Waals surface area (Å²) in [5.74, 6) is 2.82. The third-order valence-corrected chi connectivity index (χ3v) is 4.69. The van der Waals surface area contributed by atoms with Crippen LogP contribution >= 0.6 is 0 Å². The molecule has 2 aliphatic rings. The molecule has 3 unspecified atom stereocenters. The van der Waals surface area contributed by atoms with Crippen molar-refractivity contribution in [1.29, 1.82) is 0 Å². The van der Waals surface area contributed by atoms with Crippen LogP contribution < -0.4 is 11.1 Å². The van der Waals surface area contributed by atoms with Crippen LogP contribution in [0.4, 0.5) is 0 Å². The molecule has 2 fully saturated rings. The average Bonchev–Trinajstić information content (AvgIpc) is 3.13. The van der Waals surface area contributed by atoms with Gasteiger partial charge >= 0.3 is 0 Å². The van der Waals surface area contributed by atoms with Crippen LogP contribution in [0.15, 0.2) is 0 Å². The summed E-state index contributed by atoms with van der Waals surface area (Å²) in [6, 6.07) is 0.581. The first kappa shape index (κ1) is 13.4. The van der Waals surface area contributed by atoms with Gasteiger partial charge in [-0.05, 0) is 50.0 Å². The summed E-state index contributed by atoms with van der Waals surface area (Å²) in [7, 11) is 0. The van der Waals surface area contributed by atoms with E-state index in [-0.39, 0.29) is 0 Å². The van der Waals surface area contributed by atoms with E-state index in [0.717, 1.165) is 24.3 Å². The van der Waals surface area contributed by atoms with Crippen LogP contribution in [0.2, 0.25) is 0 Å². The molecule has 2 heteroatoms. The molecule has 3 N–H and O–H groups in total. The lowest BCUT2D eigenvalue weighted by Gasteiger charge is -2.33. The molecule has 0 spiro atoms. The Morgan fingerprint density at radius 2 is 2.06 bits per heavy atom. The van der Waals surface area contributed by atoms with Crippen molar-refractivity contribution < 1.29 is 0 Å². The lowest BCUT2D eigenvalue weighted by Crippen LogP contribution is -2.44. The Hall–Kier alpha value is -0.0800. The fourth-order valence-electron chi connectivity index (χ4n) is 3.37. The van der Waals surface area contributed by atoms with Crippen LogP contribution in [0.25, 0.3) is 0 Å². The second kappa shape index (κ2) is 6.75. The summed E-state index contributed by atoms with van der Waals surface area (Å²) in [6.07, 6.45) is 11.4. The molecule has 0 saturated heterocycles. The fourth-order valence-corrected chi connectivity index (χ4v) is 3.37. The zero-order valence-electron chi connectivity index (χ0n) is 11.5. The SMILES string of the molecule is CC1CCCC(C(CN)NCCCC2CC2)C1. The lowest BCUT2D eigenvalue weighted by molar-refractivity contribution is 0.224. The Labute approximate surface area is 107 Å². The van der Waals surface area contributed by atoms with E-state index in [1.54, 1.807) is 0 Å². The predicted octanol–water partition coefficient (Wildman–Crippen LogP) is 2.92. The zero-order chi connectivity index (χ0) is 12.1. The second-order valence-electron chi connectivity index (χ2n) is 6.41. The Kier molecular flexibility index (Phi) is 5.30. The average molecular weight is 238 g/mol. The standard InChI is InChI=1S/C15H30N2/c1-12-4-2-6-14(10-12)15(11-16)17-9-3-5-13-7-8-13/h12-15,17H,2-11,16H2,1H3. The van der Waals surface area contributed by atoms with E-state index in [0.29, 0.717) is 6.04 Å². The highest BCUT2D eigenvalue weighted by Gasteiger charge is 2.25. The minimum atomic E-state index is 0.581. The number of rotatable bonds is 7. The first-order valence-electron chi connectivity index (χ1n) is 7.73. The first-order valence-corrected chi connectivity index (χ1v) is 7.73. The van der Waals surface area contributed by atoms with Gasteiger partial charge in [0.05, 0.1) is 0 Å². The Balaban J connectivity index is 1.63. The predicted molar refractivity (Wildman–Crippen MR) is 73.9 cm³/mol. The topological polar surface area (TPSA) is 38.0 Å². The summed E-state index contributed by atoms with van der Waals surface area (Å²) >= 11 is 0. The molecule has 0 aliphatic heterocycles. The number of nitrogens with one attached hydrogen (secondary N) is 1. The van der Waals surface area contributed by atoms with E-state index in [4.69, 9.17) is 5.73 Å². The Bertz CT molecular complexity index is 213. The molecular weight excluding hydrogens is 208 g/mol. The monoisotopic (exact) mass is 238 g/mol. The molecule has 0 bridgehead atoms. The molecule has 0 heterocycles. The number of hydrogen-bond acceptors (Lipinski definition) is 2. The third kappa shape index (κ3) is 4.59. The van der Waals surface area contributed by atoms with Gasteiger partial charge in [0.2, 0.25) is 0 Å². The summed E-state index contributed by atoms with van der Waals surface area (Å²) in [4.78, 5) is 0. The van der Waals surface area contributed by atoms with Crippen molar-refractivity contribution >= 4 is 0 Å². The minimum Gasteiger partial charge on any atom is -0.329 e. The van der Waals surface area contributed by atoms with E-state index in [1.807, 2.05) is 0 Å². The van der Waals surface area contributed by atoms with E-state index in [9.17, 15) is 0 Å². The molecule has 0 aromatic rings. The van der Waals surface area contributed by atoms with Gasteiger partial charge in [-0.2, -0.15) is 0 Å². The van der Waals surface area contributed by atoms with Crippen molar-refractivity contribution in [2.75, 3.05) is 13.1 Å². The van der Waals surface area contributed by atoms with Crippen molar-refractivity contribution in [3.05, 3.63) is 0 Å².